The van der Waals surface area contributed by atoms with E-state index in [1.807, 2.05) is 36.4 Å². The molecule has 0 aliphatic rings. The smallest absolute Gasteiger partial charge is 0.119 e. The third-order valence-corrected chi connectivity index (χ3v) is 4.64. The molecule has 0 aliphatic carbocycles. The molecule has 1 N–H and O–H groups in total. The van der Waals surface area contributed by atoms with Gasteiger partial charge in [0.1, 0.15) is 5.75 Å². The van der Waals surface area contributed by atoms with Gasteiger partial charge in [0.2, 0.25) is 0 Å². The van der Waals surface area contributed by atoms with Crippen LogP contribution in [0, 0.1) is 0 Å². The molecule has 0 bridgehead atoms. The van der Waals surface area contributed by atoms with E-state index >= 15 is 0 Å². The van der Waals surface area contributed by atoms with Gasteiger partial charge in [0, 0.05) is 19.6 Å². The van der Waals surface area contributed by atoms with Crippen molar-refractivity contribution in [3.63, 3.8) is 0 Å². The zero-order valence-electron chi connectivity index (χ0n) is 16.5. The lowest BCUT2D eigenvalue weighted by Crippen LogP contribution is -2.28. The van der Waals surface area contributed by atoms with Gasteiger partial charge in [-0.05, 0) is 35.2 Å². The molecule has 0 aliphatic heterocycles. The van der Waals surface area contributed by atoms with Crippen LogP contribution in [0.1, 0.15) is 36.1 Å². The highest BCUT2D eigenvalue weighted by molar-refractivity contribution is 5.30. The van der Waals surface area contributed by atoms with Gasteiger partial charge in [0.25, 0.3) is 0 Å². The van der Waals surface area contributed by atoms with Crippen LogP contribution in [0.3, 0.4) is 0 Å². The lowest BCUT2D eigenvalue weighted by atomic mass is 10.1. The maximum absolute atomic E-state index is 10.9. The number of hydrogen-bond donors (Lipinski definition) is 1. The monoisotopic (exact) mass is 375 g/mol. The second-order valence-electron chi connectivity index (χ2n) is 7.08. The Labute approximate surface area is 168 Å². The maximum Gasteiger partial charge on any atom is 0.119 e. The van der Waals surface area contributed by atoms with E-state index in [2.05, 4.69) is 60.4 Å². The molecule has 0 amide bonds. The molecule has 146 valence electrons. The Morgan fingerprint density at radius 2 is 1.43 bits per heavy atom. The Balaban J connectivity index is 1.72. The summed E-state index contributed by atoms with van der Waals surface area (Å²) in [5, 5.41) is 10.9. The zero-order valence-corrected chi connectivity index (χ0v) is 16.5. The Kier molecular flexibility index (Phi) is 7.65. The quantitative estimate of drug-likeness (QED) is 0.528. The summed E-state index contributed by atoms with van der Waals surface area (Å²) in [5.74, 6) is 0.816. The highest BCUT2D eigenvalue weighted by atomic mass is 16.5. The molecule has 28 heavy (non-hydrogen) atoms. The minimum Gasteiger partial charge on any atom is -0.494 e. The fraction of sp³-hybridized carbons (Fsp3) is 0.280. The predicted molar refractivity (Wildman–Crippen MR) is 114 cm³/mol. The molecular formula is C25H29NO2. The van der Waals surface area contributed by atoms with Crippen molar-refractivity contribution in [3.05, 3.63) is 102 Å². The molecule has 0 spiro atoms. The first-order valence-electron chi connectivity index (χ1n) is 9.95. The van der Waals surface area contributed by atoms with Crippen molar-refractivity contribution in [1.29, 1.82) is 0 Å². The molecule has 0 saturated carbocycles. The number of aliphatic hydroxyl groups is 1. The van der Waals surface area contributed by atoms with Crippen molar-refractivity contribution in [2.45, 2.75) is 32.5 Å². The average molecular weight is 376 g/mol. The lowest BCUT2D eigenvalue weighted by molar-refractivity contribution is 0.104. The lowest BCUT2D eigenvalue weighted by Gasteiger charge is -2.26. The van der Waals surface area contributed by atoms with Gasteiger partial charge in [-0.2, -0.15) is 0 Å². The Hall–Kier alpha value is -2.62. The molecule has 3 rings (SSSR count). The van der Waals surface area contributed by atoms with Crippen LogP contribution in [0.4, 0.5) is 0 Å². The SMILES string of the molecule is CCCOc1cccc([C@H](O)CN(Cc2ccccc2)Cc2ccccc2)c1. The molecule has 0 saturated heterocycles. The number of rotatable bonds is 10. The van der Waals surface area contributed by atoms with Gasteiger partial charge in [-0.25, -0.2) is 0 Å². The van der Waals surface area contributed by atoms with Crippen LogP contribution in [0.2, 0.25) is 0 Å². The van der Waals surface area contributed by atoms with E-state index in [-0.39, 0.29) is 0 Å². The molecule has 3 nitrogen and oxygen atoms in total. The van der Waals surface area contributed by atoms with Crippen LogP contribution < -0.4 is 4.74 Å². The zero-order chi connectivity index (χ0) is 19.6. The summed E-state index contributed by atoms with van der Waals surface area (Å²) in [6.07, 6.45) is 0.395. The summed E-state index contributed by atoms with van der Waals surface area (Å²) in [5.41, 5.74) is 3.37. The van der Waals surface area contributed by atoms with E-state index in [1.165, 1.54) is 11.1 Å². The second-order valence-corrected chi connectivity index (χ2v) is 7.08. The first-order chi connectivity index (χ1) is 13.7. The van der Waals surface area contributed by atoms with E-state index in [4.69, 9.17) is 4.74 Å². The molecule has 0 unspecified atom stereocenters. The Morgan fingerprint density at radius 1 is 0.821 bits per heavy atom. The standard InChI is InChI=1S/C25H29NO2/c1-2-16-28-24-15-9-14-23(17-24)25(27)20-26(18-21-10-5-3-6-11-21)19-22-12-7-4-8-13-22/h3-15,17,25,27H,2,16,18-20H2,1H3/t25-/m1/s1. The van der Waals surface area contributed by atoms with E-state index in [0.29, 0.717) is 13.2 Å². The number of ether oxygens (including phenoxy) is 1. The van der Waals surface area contributed by atoms with Gasteiger partial charge in [0.05, 0.1) is 12.7 Å². The first kappa shape index (κ1) is 20.1. The molecular weight excluding hydrogens is 346 g/mol. The average Bonchev–Trinajstić information content (AvgIpc) is 2.74. The van der Waals surface area contributed by atoms with Gasteiger partial charge in [-0.1, -0.05) is 79.7 Å². The van der Waals surface area contributed by atoms with Crippen molar-refractivity contribution in [1.82, 2.24) is 4.90 Å². The van der Waals surface area contributed by atoms with Crippen LogP contribution >= 0.6 is 0 Å². The predicted octanol–water partition coefficient (Wildman–Crippen LogP) is 5.21. The highest BCUT2D eigenvalue weighted by Gasteiger charge is 2.15. The third kappa shape index (κ3) is 6.22. The van der Waals surface area contributed by atoms with E-state index < -0.39 is 6.10 Å². The molecule has 0 fully saturated rings. The summed E-state index contributed by atoms with van der Waals surface area (Å²) in [6.45, 7) is 4.91. The van der Waals surface area contributed by atoms with E-state index in [0.717, 1.165) is 30.8 Å². The Bertz CT molecular complexity index is 779. The van der Waals surface area contributed by atoms with Gasteiger partial charge >= 0.3 is 0 Å². The summed E-state index contributed by atoms with van der Waals surface area (Å²) in [4.78, 5) is 2.29. The van der Waals surface area contributed by atoms with Gasteiger partial charge in [-0.3, -0.25) is 4.90 Å². The summed E-state index contributed by atoms with van der Waals surface area (Å²) in [7, 11) is 0. The number of benzene rings is 3. The van der Waals surface area contributed by atoms with Crippen molar-refractivity contribution in [2.75, 3.05) is 13.2 Å². The number of aliphatic hydroxyl groups excluding tert-OH is 1. The van der Waals surface area contributed by atoms with Gasteiger partial charge in [-0.15, -0.1) is 0 Å². The largest absolute Gasteiger partial charge is 0.494 e. The normalized spacial score (nSPS) is 12.1. The van der Waals surface area contributed by atoms with Crippen LogP contribution in [-0.4, -0.2) is 23.2 Å². The highest BCUT2D eigenvalue weighted by Crippen LogP contribution is 2.22. The van der Waals surface area contributed by atoms with Crippen molar-refractivity contribution >= 4 is 0 Å². The van der Waals surface area contributed by atoms with Crippen LogP contribution in [0.5, 0.6) is 5.75 Å². The summed E-state index contributed by atoms with van der Waals surface area (Å²) in [6, 6.07) is 28.6. The van der Waals surface area contributed by atoms with Crippen molar-refractivity contribution in [3.8, 4) is 5.75 Å². The Morgan fingerprint density at radius 3 is 2.00 bits per heavy atom. The first-order valence-corrected chi connectivity index (χ1v) is 9.95. The molecule has 0 aromatic heterocycles. The van der Waals surface area contributed by atoms with Gasteiger partial charge < -0.3 is 9.84 Å². The summed E-state index contributed by atoms with van der Waals surface area (Å²) < 4.78 is 5.72. The van der Waals surface area contributed by atoms with E-state index in [1.54, 1.807) is 0 Å². The minimum absolute atomic E-state index is 0.557. The molecule has 3 heteroatoms. The molecule has 3 aromatic rings. The van der Waals surface area contributed by atoms with Crippen LogP contribution in [-0.2, 0) is 13.1 Å². The molecule has 1 atom stereocenters. The fourth-order valence-corrected chi connectivity index (χ4v) is 3.25. The number of nitrogens with zero attached hydrogens (tertiary/aromatic N) is 1. The molecule has 0 radical (unpaired) electrons. The summed E-state index contributed by atoms with van der Waals surface area (Å²) >= 11 is 0. The molecule has 3 aromatic carbocycles. The third-order valence-electron chi connectivity index (χ3n) is 4.64. The van der Waals surface area contributed by atoms with Crippen molar-refractivity contribution in [2.24, 2.45) is 0 Å². The van der Waals surface area contributed by atoms with Crippen molar-refractivity contribution < 1.29 is 9.84 Å². The number of hydrogen-bond acceptors (Lipinski definition) is 3. The van der Waals surface area contributed by atoms with Crippen LogP contribution in [0.15, 0.2) is 84.9 Å². The second kappa shape index (κ2) is 10.6. The van der Waals surface area contributed by atoms with E-state index in [9.17, 15) is 5.11 Å². The van der Waals surface area contributed by atoms with Crippen LogP contribution in [0.25, 0.3) is 0 Å². The topological polar surface area (TPSA) is 32.7 Å². The van der Waals surface area contributed by atoms with Gasteiger partial charge in [0.15, 0.2) is 0 Å². The maximum atomic E-state index is 10.9. The molecule has 0 heterocycles. The minimum atomic E-state index is -0.572. The fourth-order valence-electron chi connectivity index (χ4n) is 3.25.